The largest absolute Gasteiger partial charge is 0.457 e. The van der Waals surface area contributed by atoms with Crippen LogP contribution in [0, 0.1) is 5.92 Å². The Hall–Kier alpha value is -2.33. The van der Waals surface area contributed by atoms with E-state index in [9.17, 15) is 0 Å². The zero-order chi connectivity index (χ0) is 17.8. The summed E-state index contributed by atoms with van der Waals surface area (Å²) in [6.07, 6.45) is 8.68. The maximum atomic E-state index is 5.98. The predicted octanol–water partition coefficient (Wildman–Crippen LogP) is 5.59. The normalized spacial score (nSPS) is 16.7. The highest BCUT2D eigenvalue weighted by Gasteiger charge is 2.14. The van der Waals surface area contributed by atoms with Crippen molar-refractivity contribution in [2.24, 2.45) is 5.92 Å². The summed E-state index contributed by atoms with van der Waals surface area (Å²) >= 11 is 0. The Morgan fingerprint density at radius 3 is 2.65 bits per heavy atom. The lowest BCUT2D eigenvalue weighted by Crippen LogP contribution is -2.27. The summed E-state index contributed by atoms with van der Waals surface area (Å²) in [4.78, 5) is 7.34. The molecule has 1 aliphatic carbocycles. The van der Waals surface area contributed by atoms with Gasteiger partial charge in [0, 0.05) is 12.1 Å². The summed E-state index contributed by atoms with van der Waals surface area (Å²) in [6.45, 7) is 3.37. The van der Waals surface area contributed by atoms with Gasteiger partial charge in [-0.3, -0.25) is 0 Å². The monoisotopic (exact) mass is 349 g/mol. The van der Waals surface area contributed by atoms with Crippen LogP contribution in [0.25, 0.3) is 11.0 Å². The fraction of sp³-hybridized carbons (Fsp3) is 0.409. The molecule has 1 aliphatic rings. The van der Waals surface area contributed by atoms with Gasteiger partial charge in [0.2, 0.25) is 0 Å². The quantitative estimate of drug-likeness (QED) is 0.610. The summed E-state index contributed by atoms with van der Waals surface area (Å²) in [7, 11) is 0. The van der Waals surface area contributed by atoms with Crippen LogP contribution in [0.15, 0.2) is 48.8 Å². The van der Waals surface area contributed by atoms with E-state index in [4.69, 9.17) is 4.74 Å². The van der Waals surface area contributed by atoms with E-state index in [2.05, 4.69) is 34.3 Å². The van der Waals surface area contributed by atoms with E-state index in [0.717, 1.165) is 35.0 Å². The number of benzene rings is 2. The minimum atomic E-state index is 0.368. The van der Waals surface area contributed by atoms with Crippen molar-refractivity contribution in [1.29, 1.82) is 0 Å². The van der Waals surface area contributed by atoms with Gasteiger partial charge in [-0.15, -0.1) is 0 Å². The maximum Gasteiger partial charge on any atom is 0.129 e. The number of hydrogen-bond donors (Lipinski definition) is 2. The van der Waals surface area contributed by atoms with Gasteiger partial charge >= 0.3 is 0 Å². The average molecular weight is 349 g/mol. The first-order valence-corrected chi connectivity index (χ1v) is 9.72. The highest BCUT2D eigenvalue weighted by Crippen LogP contribution is 2.27. The predicted molar refractivity (Wildman–Crippen MR) is 106 cm³/mol. The van der Waals surface area contributed by atoms with E-state index in [1.807, 2.05) is 30.3 Å². The fourth-order valence-corrected chi connectivity index (χ4v) is 3.79. The third-order valence-corrected chi connectivity index (χ3v) is 5.44. The third-order valence-electron chi connectivity index (χ3n) is 5.44. The molecular formula is C22H27N3O. The number of H-pyrrole nitrogens is 1. The van der Waals surface area contributed by atoms with Crippen LogP contribution >= 0.6 is 0 Å². The maximum absolute atomic E-state index is 5.98. The molecule has 4 nitrogen and oxygen atoms in total. The van der Waals surface area contributed by atoms with Gasteiger partial charge in [0.05, 0.1) is 17.4 Å². The van der Waals surface area contributed by atoms with Crippen molar-refractivity contribution in [2.45, 2.75) is 45.1 Å². The average Bonchev–Trinajstić information content (AvgIpc) is 3.15. The highest BCUT2D eigenvalue weighted by molar-refractivity contribution is 5.76. The number of aromatic amines is 1. The molecule has 0 aliphatic heterocycles. The van der Waals surface area contributed by atoms with Crippen LogP contribution in [0.2, 0.25) is 0 Å². The van der Waals surface area contributed by atoms with Crippen LogP contribution in [-0.2, 0) is 0 Å². The van der Waals surface area contributed by atoms with Crippen LogP contribution in [0.3, 0.4) is 0 Å². The van der Waals surface area contributed by atoms with Gasteiger partial charge in [-0.2, -0.15) is 0 Å². The molecule has 0 amide bonds. The molecule has 2 N–H and O–H groups in total. The first kappa shape index (κ1) is 17.1. The Kier molecular flexibility index (Phi) is 5.21. The lowest BCUT2D eigenvalue weighted by molar-refractivity contribution is 0.331. The minimum absolute atomic E-state index is 0.368. The zero-order valence-corrected chi connectivity index (χ0v) is 15.4. The number of nitrogens with one attached hydrogen (secondary N) is 2. The molecular weight excluding hydrogens is 322 g/mol. The smallest absolute Gasteiger partial charge is 0.129 e. The minimum Gasteiger partial charge on any atom is -0.457 e. The molecule has 0 saturated heterocycles. The second-order valence-electron chi connectivity index (χ2n) is 7.39. The van der Waals surface area contributed by atoms with Crippen molar-refractivity contribution >= 4 is 11.0 Å². The van der Waals surface area contributed by atoms with Crippen molar-refractivity contribution in [3.8, 4) is 11.5 Å². The number of nitrogens with zero attached hydrogens (tertiary/aromatic N) is 1. The summed E-state index contributed by atoms with van der Waals surface area (Å²) in [5.41, 5.74) is 3.24. The van der Waals surface area contributed by atoms with E-state index in [-0.39, 0.29) is 0 Å². The van der Waals surface area contributed by atoms with Crippen LogP contribution in [0.4, 0.5) is 0 Å². The lowest BCUT2D eigenvalue weighted by Gasteiger charge is -2.24. The molecule has 0 spiro atoms. The standard InChI is InChI=1S/C22H27N3O/c1-16(23-14-17-5-3-2-4-6-17)18-7-9-19(10-8-18)26-20-11-12-21-22(13-20)25-15-24-21/h7-13,15-17,23H,2-6,14H2,1H3,(H,24,25). The van der Waals surface area contributed by atoms with Crippen molar-refractivity contribution in [3.05, 3.63) is 54.4 Å². The first-order valence-electron chi connectivity index (χ1n) is 9.72. The second kappa shape index (κ2) is 7.92. The van der Waals surface area contributed by atoms with Gasteiger partial charge in [-0.1, -0.05) is 31.4 Å². The molecule has 1 atom stereocenters. The number of aromatic nitrogens is 2. The molecule has 3 aromatic rings. The fourth-order valence-electron chi connectivity index (χ4n) is 3.79. The molecule has 4 heteroatoms. The molecule has 1 aromatic heterocycles. The van der Waals surface area contributed by atoms with E-state index in [1.165, 1.54) is 37.7 Å². The number of imidazole rings is 1. The van der Waals surface area contributed by atoms with Gasteiger partial charge in [-0.25, -0.2) is 4.98 Å². The number of rotatable bonds is 6. The highest BCUT2D eigenvalue weighted by atomic mass is 16.5. The Morgan fingerprint density at radius 1 is 1.08 bits per heavy atom. The molecule has 2 aromatic carbocycles. The van der Waals surface area contributed by atoms with E-state index in [0.29, 0.717) is 6.04 Å². The molecule has 1 unspecified atom stereocenters. The van der Waals surface area contributed by atoms with Gasteiger partial charge in [0.1, 0.15) is 11.5 Å². The Morgan fingerprint density at radius 2 is 1.85 bits per heavy atom. The van der Waals surface area contributed by atoms with E-state index >= 15 is 0 Å². The number of ether oxygens (including phenoxy) is 1. The first-order chi connectivity index (χ1) is 12.8. The Balaban J connectivity index is 1.34. The summed E-state index contributed by atoms with van der Waals surface area (Å²) in [6, 6.07) is 14.7. The summed E-state index contributed by atoms with van der Waals surface area (Å²) in [5.74, 6) is 2.52. The summed E-state index contributed by atoms with van der Waals surface area (Å²) in [5, 5.41) is 3.70. The van der Waals surface area contributed by atoms with Crippen molar-refractivity contribution in [3.63, 3.8) is 0 Å². The van der Waals surface area contributed by atoms with Gasteiger partial charge in [0.15, 0.2) is 0 Å². The molecule has 0 bridgehead atoms. The van der Waals surface area contributed by atoms with Gasteiger partial charge < -0.3 is 15.0 Å². The van der Waals surface area contributed by atoms with Crippen molar-refractivity contribution < 1.29 is 4.74 Å². The molecule has 0 radical (unpaired) electrons. The zero-order valence-electron chi connectivity index (χ0n) is 15.4. The molecule has 26 heavy (non-hydrogen) atoms. The van der Waals surface area contributed by atoms with Crippen molar-refractivity contribution in [2.75, 3.05) is 6.54 Å². The van der Waals surface area contributed by atoms with Gasteiger partial charge in [0.25, 0.3) is 0 Å². The molecule has 1 fully saturated rings. The van der Waals surface area contributed by atoms with E-state index < -0.39 is 0 Å². The van der Waals surface area contributed by atoms with Crippen LogP contribution in [0.5, 0.6) is 11.5 Å². The second-order valence-corrected chi connectivity index (χ2v) is 7.39. The number of fused-ring (bicyclic) bond motifs is 1. The van der Waals surface area contributed by atoms with Crippen LogP contribution < -0.4 is 10.1 Å². The SMILES string of the molecule is CC(NCC1CCCCC1)c1ccc(Oc2ccc3nc[nH]c3c2)cc1. The van der Waals surface area contributed by atoms with E-state index in [1.54, 1.807) is 6.33 Å². The molecule has 4 rings (SSSR count). The van der Waals surface area contributed by atoms with Crippen LogP contribution in [-0.4, -0.2) is 16.5 Å². The molecule has 1 heterocycles. The Bertz CT molecular complexity index is 834. The number of hydrogen-bond acceptors (Lipinski definition) is 3. The summed E-state index contributed by atoms with van der Waals surface area (Å²) < 4.78 is 5.98. The topological polar surface area (TPSA) is 49.9 Å². The van der Waals surface area contributed by atoms with Crippen LogP contribution in [0.1, 0.15) is 50.6 Å². The van der Waals surface area contributed by atoms with Gasteiger partial charge in [-0.05, 0) is 62.1 Å². The third kappa shape index (κ3) is 4.07. The lowest BCUT2D eigenvalue weighted by atomic mass is 9.89. The molecule has 1 saturated carbocycles. The van der Waals surface area contributed by atoms with Crippen molar-refractivity contribution in [1.82, 2.24) is 15.3 Å². The Labute approximate surface area is 155 Å². The molecule has 136 valence electrons.